The van der Waals surface area contributed by atoms with Gasteiger partial charge in [0.15, 0.2) is 5.71 Å². The molecule has 0 N–H and O–H groups in total. The van der Waals surface area contributed by atoms with E-state index in [-0.39, 0.29) is 5.91 Å². The number of amides is 1. The number of fused-ring (bicyclic) bond motifs is 1. The maximum Gasteiger partial charge on any atom is 0.279 e. The zero-order chi connectivity index (χ0) is 19.0. The number of halogens is 1. The molecular formula is C20H17BrN4OS. The number of para-hydroxylation sites is 1. The van der Waals surface area contributed by atoms with Crippen molar-refractivity contribution < 1.29 is 4.79 Å². The Labute approximate surface area is 169 Å². The van der Waals surface area contributed by atoms with Crippen LogP contribution in [0.2, 0.25) is 0 Å². The van der Waals surface area contributed by atoms with Crippen molar-refractivity contribution in [3.63, 3.8) is 0 Å². The van der Waals surface area contributed by atoms with Crippen LogP contribution in [0, 0.1) is 0 Å². The lowest BCUT2D eigenvalue weighted by molar-refractivity contribution is -0.112. The molecule has 3 aromatic rings. The molecule has 0 spiro atoms. The smallest absolute Gasteiger partial charge is 0.279 e. The van der Waals surface area contributed by atoms with Gasteiger partial charge < -0.3 is 4.90 Å². The van der Waals surface area contributed by atoms with Crippen LogP contribution in [0.4, 0.5) is 5.69 Å². The first-order valence-electron chi connectivity index (χ1n) is 8.53. The second kappa shape index (κ2) is 7.25. The van der Waals surface area contributed by atoms with Gasteiger partial charge in [-0.05, 0) is 25.1 Å². The number of benzene rings is 2. The van der Waals surface area contributed by atoms with Gasteiger partial charge >= 0.3 is 0 Å². The first-order valence-corrected chi connectivity index (χ1v) is 10.2. The average molecular weight is 441 g/mol. The fraction of sp³-hybridized carbons (Fsp3) is 0.150. The second-order valence-corrected chi connectivity index (χ2v) is 7.78. The normalized spacial score (nSPS) is 15.7. The van der Waals surface area contributed by atoms with Crippen molar-refractivity contribution in [2.24, 2.45) is 10.1 Å². The van der Waals surface area contributed by atoms with Crippen molar-refractivity contribution >= 4 is 44.6 Å². The molecule has 7 heteroatoms. The van der Waals surface area contributed by atoms with Crippen LogP contribution in [0.25, 0.3) is 11.3 Å². The highest BCUT2D eigenvalue weighted by Crippen LogP contribution is 2.29. The van der Waals surface area contributed by atoms with Crippen LogP contribution in [0.3, 0.4) is 0 Å². The van der Waals surface area contributed by atoms with Gasteiger partial charge in [0.05, 0.1) is 11.4 Å². The van der Waals surface area contributed by atoms with E-state index in [2.05, 4.69) is 20.9 Å². The lowest BCUT2D eigenvalue weighted by Crippen LogP contribution is -2.27. The molecule has 0 atom stereocenters. The molecule has 0 unspecified atom stereocenters. The third-order valence-corrected chi connectivity index (χ3v) is 5.73. The molecule has 4 rings (SSSR count). The number of carbonyl (C=O) groups is 1. The number of nitrogens with zero attached hydrogens (tertiary/aromatic N) is 4. The standard InChI is InChI=1S/C20H17BrN4OS/c1-3-22-20-25(17(12-27-20)13-8-10-14(21)11-9-13)23-18-15-6-4-5-7-16(15)24(2)19(18)26/h4-12H,3H2,1-2H3/b22-20?,23-18-. The predicted octanol–water partition coefficient (Wildman–Crippen LogP) is 4.13. The van der Waals surface area contributed by atoms with Crippen LogP contribution in [-0.2, 0) is 4.79 Å². The van der Waals surface area contributed by atoms with Gasteiger partial charge in [0.1, 0.15) is 0 Å². The Bertz CT molecular complexity index is 1110. The zero-order valence-corrected chi connectivity index (χ0v) is 17.3. The van der Waals surface area contributed by atoms with Crippen LogP contribution >= 0.6 is 27.3 Å². The largest absolute Gasteiger partial charge is 0.309 e. The number of hydrogen-bond acceptors (Lipinski definition) is 4. The molecule has 0 aliphatic carbocycles. The summed E-state index contributed by atoms with van der Waals surface area (Å²) in [5.41, 5.74) is 4.07. The Morgan fingerprint density at radius 2 is 1.85 bits per heavy atom. The second-order valence-electron chi connectivity index (χ2n) is 6.03. The minimum atomic E-state index is -0.112. The molecule has 0 saturated carbocycles. The van der Waals surface area contributed by atoms with E-state index >= 15 is 0 Å². The van der Waals surface area contributed by atoms with Gasteiger partial charge in [-0.15, -0.1) is 11.3 Å². The molecule has 0 bridgehead atoms. The summed E-state index contributed by atoms with van der Waals surface area (Å²) >= 11 is 4.99. The van der Waals surface area contributed by atoms with Gasteiger partial charge in [0, 0.05) is 34.6 Å². The van der Waals surface area contributed by atoms with Crippen molar-refractivity contribution in [1.82, 2.24) is 4.68 Å². The lowest BCUT2D eigenvalue weighted by atomic mass is 10.1. The quantitative estimate of drug-likeness (QED) is 0.603. The minimum absolute atomic E-state index is 0.112. The first kappa shape index (κ1) is 17.9. The molecule has 136 valence electrons. The van der Waals surface area contributed by atoms with Crippen LogP contribution in [0.15, 0.2) is 68.5 Å². The van der Waals surface area contributed by atoms with Gasteiger partial charge in [-0.3, -0.25) is 9.79 Å². The highest BCUT2D eigenvalue weighted by Gasteiger charge is 2.31. The lowest BCUT2D eigenvalue weighted by Gasteiger charge is -2.07. The molecular weight excluding hydrogens is 424 g/mol. The van der Waals surface area contributed by atoms with E-state index in [0.717, 1.165) is 31.8 Å². The number of anilines is 1. The molecule has 1 aliphatic heterocycles. The van der Waals surface area contributed by atoms with Gasteiger partial charge in [0.2, 0.25) is 4.80 Å². The van der Waals surface area contributed by atoms with E-state index in [0.29, 0.717) is 12.3 Å². The Morgan fingerprint density at radius 1 is 1.11 bits per heavy atom. The number of likely N-dealkylation sites (N-methyl/N-ethyl adjacent to an activating group) is 1. The van der Waals surface area contributed by atoms with Gasteiger partial charge in [-0.2, -0.15) is 5.10 Å². The topological polar surface area (TPSA) is 50.0 Å². The van der Waals surface area contributed by atoms with Crippen molar-refractivity contribution in [2.75, 3.05) is 18.5 Å². The molecule has 1 amide bonds. The Balaban J connectivity index is 1.93. The maximum absolute atomic E-state index is 12.8. The van der Waals surface area contributed by atoms with Gasteiger partial charge in [-0.25, -0.2) is 4.68 Å². The SMILES string of the molecule is CCN=c1scc(-c2ccc(Br)cc2)n1/N=C1\C(=O)N(C)c2ccccc21. The molecule has 1 aromatic heterocycles. The molecule has 1 aliphatic rings. The highest BCUT2D eigenvalue weighted by molar-refractivity contribution is 9.10. The predicted molar refractivity (Wildman–Crippen MR) is 113 cm³/mol. The molecule has 27 heavy (non-hydrogen) atoms. The maximum atomic E-state index is 12.8. The monoisotopic (exact) mass is 440 g/mol. The van der Waals surface area contributed by atoms with E-state index < -0.39 is 0 Å². The number of hydrogen-bond donors (Lipinski definition) is 0. The van der Waals surface area contributed by atoms with Crippen molar-refractivity contribution in [3.05, 3.63) is 68.7 Å². The first-order chi connectivity index (χ1) is 13.1. The minimum Gasteiger partial charge on any atom is -0.309 e. The summed E-state index contributed by atoms with van der Waals surface area (Å²) < 4.78 is 2.79. The van der Waals surface area contributed by atoms with Crippen molar-refractivity contribution in [2.45, 2.75) is 6.92 Å². The van der Waals surface area contributed by atoms with Crippen molar-refractivity contribution in [3.8, 4) is 11.3 Å². The zero-order valence-electron chi connectivity index (χ0n) is 14.9. The van der Waals surface area contributed by atoms with Crippen LogP contribution < -0.4 is 9.70 Å². The van der Waals surface area contributed by atoms with Crippen molar-refractivity contribution in [1.29, 1.82) is 0 Å². The Morgan fingerprint density at radius 3 is 2.59 bits per heavy atom. The fourth-order valence-corrected chi connectivity index (χ4v) is 4.16. The summed E-state index contributed by atoms with van der Waals surface area (Å²) in [6.07, 6.45) is 0. The third kappa shape index (κ3) is 3.17. The summed E-state index contributed by atoms with van der Waals surface area (Å²) in [5, 5.41) is 6.78. The number of thiazole rings is 1. The summed E-state index contributed by atoms with van der Waals surface area (Å²) in [6, 6.07) is 15.7. The fourth-order valence-electron chi connectivity index (χ4n) is 3.00. The van der Waals surface area contributed by atoms with E-state index in [9.17, 15) is 4.79 Å². The Kier molecular flexibility index (Phi) is 4.80. The molecule has 0 fully saturated rings. The molecule has 2 heterocycles. The van der Waals surface area contributed by atoms with Crippen LogP contribution in [-0.4, -0.2) is 29.9 Å². The summed E-state index contributed by atoms with van der Waals surface area (Å²) in [7, 11) is 1.77. The van der Waals surface area contributed by atoms with E-state index in [1.807, 2.05) is 60.8 Å². The third-order valence-electron chi connectivity index (χ3n) is 4.35. The van der Waals surface area contributed by atoms with E-state index in [1.165, 1.54) is 11.3 Å². The number of aromatic nitrogens is 1. The number of carbonyl (C=O) groups excluding carboxylic acids is 1. The van der Waals surface area contributed by atoms with E-state index in [4.69, 9.17) is 5.10 Å². The molecule has 0 radical (unpaired) electrons. The van der Waals surface area contributed by atoms with Crippen LogP contribution in [0.1, 0.15) is 12.5 Å². The molecule has 2 aromatic carbocycles. The van der Waals surface area contributed by atoms with E-state index in [1.54, 1.807) is 16.6 Å². The average Bonchev–Trinajstić information content (AvgIpc) is 3.18. The van der Waals surface area contributed by atoms with Crippen LogP contribution in [0.5, 0.6) is 0 Å². The summed E-state index contributed by atoms with van der Waals surface area (Å²) in [4.78, 5) is 19.8. The Hall–Kier alpha value is -2.51. The number of rotatable bonds is 3. The molecule has 0 saturated heterocycles. The van der Waals surface area contributed by atoms with Gasteiger partial charge in [-0.1, -0.05) is 46.3 Å². The summed E-state index contributed by atoms with van der Waals surface area (Å²) in [6.45, 7) is 2.63. The van der Waals surface area contributed by atoms with Gasteiger partial charge in [0.25, 0.3) is 5.91 Å². The highest BCUT2D eigenvalue weighted by atomic mass is 79.9. The summed E-state index contributed by atoms with van der Waals surface area (Å²) in [5.74, 6) is -0.112. The molecule has 5 nitrogen and oxygen atoms in total.